The molecule has 0 unspecified atom stereocenters. The lowest BCUT2D eigenvalue weighted by atomic mass is 9.87. The Bertz CT molecular complexity index is 199. The average molecular weight is 203 g/mol. The Balaban J connectivity index is 2.85. The van der Waals surface area contributed by atoms with Crippen molar-refractivity contribution >= 4 is 17.9 Å². The molecule has 0 amide bonds. The zero-order valence-corrected chi connectivity index (χ0v) is 9.67. The highest BCUT2D eigenvalue weighted by Gasteiger charge is 2.39. The zero-order chi connectivity index (χ0) is 10.1. The van der Waals surface area contributed by atoms with Crippen LogP contribution in [0.1, 0.15) is 27.7 Å². The van der Waals surface area contributed by atoms with Crippen LogP contribution in [0.25, 0.3) is 0 Å². The van der Waals surface area contributed by atoms with E-state index < -0.39 is 0 Å². The van der Waals surface area contributed by atoms with E-state index in [1.807, 2.05) is 6.34 Å². The van der Waals surface area contributed by atoms with E-state index in [4.69, 9.17) is 11.6 Å². The first-order valence-corrected chi connectivity index (χ1v) is 5.33. The van der Waals surface area contributed by atoms with Gasteiger partial charge in [0.2, 0.25) is 0 Å². The molecule has 1 rings (SSSR count). The number of hydrogen-bond donors (Lipinski definition) is 0. The van der Waals surface area contributed by atoms with Crippen molar-refractivity contribution in [3.63, 3.8) is 0 Å². The minimum atomic E-state index is -0.259. The molecule has 3 heteroatoms. The van der Waals surface area contributed by atoms with Gasteiger partial charge in [-0.3, -0.25) is 4.99 Å². The molecule has 0 aliphatic carbocycles. The molecule has 2 atom stereocenters. The van der Waals surface area contributed by atoms with Crippen LogP contribution in [-0.4, -0.2) is 29.3 Å². The van der Waals surface area contributed by atoms with Gasteiger partial charge in [-0.05, 0) is 19.8 Å². The molecule has 1 aliphatic heterocycles. The molecule has 0 N–H and O–H groups in total. The second kappa shape index (κ2) is 3.87. The Labute approximate surface area is 86.0 Å². The number of rotatable bonds is 2. The Kier molecular flexibility index (Phi) is 3.23. The van der Waals surface area contributed by atoms with E-state index in [1.165, 1.54) is 0 Å². The van der Waals surface area contributed by atoms with Crippen LogP contribution in [0.5, 0.6) is 0 Å². The molecule has 0 bridgehead atoms. The van der Waals surface area contributed by atoms with Crippen molar-refractivity contribution in [2.75, 3.05) is 13.1 Å². The fourth-order valence-corrected chi connectivity index (χ4v) is 2.45. The van der Waals surface area contributed by atoms with Crippen LogP contribution < -0.4 is 0 Å². The topological polar surface area (TPSA) is 15.6 Å². The minimum absolute atomic E-state index is 0.259. The van der Waals surface area contributed by atoms with Crippen LogP contribution in [0.2, 0.25) is 0 Å². The van der Waals surface area contributed by atoms with Gasteiger partial charge < -0.3 is 4.90 Å². The highest BCUT2D eigenvalue weighted by Crippen LogP contribution is 2.35. The Morgan fingerprint density at radius 3 is 2.77 bits per heavy atom. The lowest BCUT2D eigenvalue weighted by molar-refractivity contribution is 0.161. The van der Waals surface area contributed by atoms with Crippen LogP contribution in [-0.2, 0) is 0 Å². The molecule has 0 aromatic heterocycles. The van der Waals surface area contributed by atoms with Crippen LogP contribution in [0.4, 0.5) is 0 Å². The monoisotopic (exact) mass is 202 g/mol. The number of halogens is 1. The zero-order valence-electron chi connectivity index (χ0n) is 8.92. The van der Waals surface area contributed by atoms with Gasteiger partial charge in [-0.25, -0.2) is 0 Å². The van der Waals surface area contributed by atoms with Crippen molar-refractivity contribution in [3.05, 3.63) is 0 Å². The first-order valence-electron chi connectivity index (χ1n) is 4.95. The van der Waals surface area contributed by atoms with Gasteiger partial charge in [0.1, 0.15) is 5.00 Å². The summed E-state index contributed by atoms with van der Waals surface area (Å²) in [6, 6.07) is 0. The molecule has 0 aromatic rings. The third-order valence-electron chi connectivity index (χ3n) is 2.91. The number of nitrogens with zero attached hydrogens (tertiary/aromatic N) is 2. The highest BCUT2D eigenvalue weighted by atomic mass is 35.5. The van der Waals surface area contributed by atoms with Crippen LogP contribution in [0.15, 0.2) is 4.99 Å². The molecular weight excluding hydrogens is 184 g/mol. The molecule has 1 aliphatic rings. The normalized spacial score (nSPS) is 34.3. The van der Waals surface area contributed by atoms with Crippen molar-refractivity contribution < 1.29 is 0 Å². The summed E-state index contributed by atoms with van der Waals surface area (Å²) in [6.07, 6.45) is 1.88. The average Bonchev–Trinajstić information content (AvgIpc) is 2.02. The second-order valence-electron chi connectivity index (χ2n) is 4.14. The molecule has 13 heavy (non-hydrogen) atoms. The molecular formula is C10H19ClN2. The van der Waals surface area contributed by atoms with Crippen molar-refractivity contribution in [1.29, 1.82) is 0 Å². The molecule has 0 radical (unpaired) electrons. The summed E-state index contributed by atoms with van der Waals surface area (Å²) in [4.78, 5) is 6.20. The predicted molar refractivity (Wildman–Crippen MR) is 58.3 cm³/mol. The van der Waals surface area contributed by atoms with Crippen molar-refractivity contribution in [1.82, 2.24) is 4.90 Å². The SMILES string of the molecule is CCN1C=NC[C@@H](C(C)C)[C@]1(C)Cl. The quantitative estimate of drug-likeness (QED) is 0.497. The number of aliphatic imine (C=N–C) groups is 1. The second-order valence-corrected chi connectivity index (χ2v) is 4.91. The first-order chi connectivity index (χ1) is 6.00. The van der Waals surface area contributed by atoms with Gasteiger partial charge in [0.05, 0.1) is 6.34 Å². The lowest BCUT2D eigenvalue weighted by Crippen LogP contribution is -2.52. The van der Waals surface area contributed by atoms with Crippen molar-refractivity contribution in [3.8, 4) is 0 Å². The summed E-state index contributed by atoms with van der Waals surface area (Å²) < 4.78 is 0. The maximum atomic E-state index is 6.53. The summed E-state index contributed by atoms with van der Waals surface area (Å²) in [5.41, 5.74) is 0. The third kappa shape index (κ3) is 1.98. The summed E-state index contributed by atoms with van der Waals surface area (Å²) in [5.74, 6) is 1.02. The van der Waals surface area contributed by atoms with E-state index in [0.29, 0.717) is 11.8 Å². The van der Waals surface area contributed by atoms with Gasteiger partial charge in [0.25, 0.3) is 0 Å². The smallest absolute Gasteiger partial charge is 0.117 e. The molecule has 0 saturated heterocycles. The standard InChI is InChI=1S/C10H19ClN2/c1-5-13-7-12-6-9(8(2)3)10(13,4)11/h7-9H,5-6H2,1-4H3/t9-,10+/m0/s1. The molecule has 0 fully saturated rings. The maximum Gasteiger partial charge on any atom is 0.117 e. The third-order valence-corrected chi connectivity index (χ3v) is 3.40. The van der Waals surface area contributed by atoms with E-state index in [2.05, 4.69) is 37.6 Å². The summed E-state index contributed by atoms with van der Waals surface area (Å²) >= 11 is 6.53. The fourth-order valence-electron chi connectivity index (χ4n) is 1.96. The van der Waals surface area contributed by atoms with Gasteiger partial charge in [-0.2, -0.15) is 0 Å². The van der Waals surface area contributed by atoms with E-state index in [1.54, 1.807) is 0 Å². The molecule has 2 nitrogen and oxygen atoms in total. The van der Waals surface area contributed by atoms with Gasteiger partial charge in [-0.15, -0.1) is 0 Å². The molecule has 1 heterocycles. The van der Waals surface area contributed by atoms with Crippen LogP contribution in [0, 0.1) is 11.8 Å². The van der Waals surface area contributed by atoms with Crippen molar-refractivity contribution in [2.24, 2.45) is 16.8 Å². The maximum absolute atomic E-state index is 6.53. The van der Waals surface area contributed by atoms with Crippen LogP contribution >= 0.6 is 11.6 Å². The fraction of sp³-hybridized carbons (Fsp3) is 0.900. The minimum Gasteiger partial charge on any atom is -0.344 e. The van der Waals surface area contributed by atoms with Gasteiger partial charge in [-0.1, -0.05) is 25.4 Å². The summed E-state index contributed by atoms with van der Waals surface area (Å²) in [5, 5.41) is 0. The number of hydrogen-bond acceptors (Lipinski definition) is 2. The van der Waals surface area contributed by atoms with Gasteiger partial charge in [0.15, 0.2) is 0 Å². The lowest BCUT2D eigenvalue weighted by Gasteiger charge is -2.44. The van der Waals surface area contributed by atoms with Gasteiger partial charge in [0, 0.05) is 19.0 Å². The molecule has 0 spiro atoms. The van der Waals surface area contributed by atoms with Crippen LogP contribution in [0.3, 0.4) is 0 Å². The van der Waals surface area contributed by atoms with E-state index >= 15 is 0 Å². The number of alkyl halides is 1. The Hall–Kier alpha value is -0.240. The van der Waals surface area contributed by atoms with E-state index in [0.717, 1.165) is 13.1 Å². The summed E-state index contributed by atoms with van der Waals surface area (Å²) in [7, 11) is 0. The Morgan fingerprint density at radius 1 is 1.69 bits per heavy atom. The van der Waals surface area contributed by atoms with E-state index in [9.17, 15) is 0 Å². The molecule has 76 valence electrons. The predicted octanol–water partition coefficient (Wildman–Crippen LogP) is 2.58. The molecule has 0 saturated carbocycles. The van der Waals surface area contributed by atoms with E-state index in [-0.39, 0.29) is 5.00 Å². The van der Waals surface area contributed by atoms with Crippen molar-refractivity contribution in [2.45, 2.75) is 32.7 Å². The first kappa shape index (κ1) is 10.8. The Morgan fingerprint density at radius 2 is 2.31 bits per heavy atom. The van der Waals surface area contributed by atoms with Gasteiger partial charge >= 0.3 is 0 Å². The summed E-state index contributed by atoms with van der Waals surface area (Å²) in [6.45, 7) is 10.4. The molecule has 0 aromatic carbocycles. The largest absolute Gasteiger partial charge is 0.344 e. The highest BCUT2D eigenvalue weighted by molar-refractivity contribution is 6.24.